The molecular formula is C30H42N2O2S. The lowest BCUT2D eigenvalue weighted by Gasteiger charge is -2.57. The summed E-state index contributed by atoms with van der Waals surface area (Å²) >= 11 is 0. The Hall–Kier alpha value is -1.72. The molecule has 4 nitrogen and oxygen atoms in total. The van der Waals surface area contributed by atoms with Crippen molar-refractivity contribution in [3.05, 3.63) is 59.9 Å². The van der Waals surface area contributed by atoms with Crippen molar-refractivity contribution in [3.8, 4) is 0 Å². The van der Waals surface area contributed by atoms with Crippen molar-refractivity contribution in [2.45, 2.75) is 82.4 Å². The van der Waals surface area contributed by atoms with Crippen LogP contribution in [0.1, 0.15) is 75.3 Å². The number of pyridine rings is 1. The molecule has 4 fully saturated rings. The largest absolute Gasteiger partial charge is 0.265 e. The van der Waals surface area contributed by atoms with Gasteiger partial charge in [0.15, 0.2) is 0 Å². The summed E-state index contributed by atoms with van der Waals surface area (Å²) in [5.74, 6) is 3.51. The fourth-order valence-electron chi connectivity index (χ4n) is 7.83. The Morgan fingerprint density at radius 1 is 0.914 bits per heavy atom. The Balaban J connectivity index is 1.23. The second-order valence-corrected chi connectivity index (χ2v) is 14.2. The number of sulfonamides is 1. The van der Waals surface area contributed by atoms with E-state index in [2.05, 4.69) is 17.1 Å². The third kappa shape index (κ3) is 5.83. The number of aromatic nitrogens is 1. The van der Waals surface area contributed by atoms with E-state index in [1.165, 1.54) is 56.9 Å². The first-order valence-corrected chi connectivity index (χ1v) is 15.2. The number of rotatable bonds is 11. The zero-order chi connectivity index (χ0) is 24.5. The number of aryl methyl sites for hydroxylation is 2. The predicted molar refractivity (Wildman–Crippen MR) is 141 cm³/mol. The molecule has 4 saturated carbocycles. The van der Waals surface area contributed by atoms with E-state index in [0.717, 1.165) is 42.6 Å². The average molecular weight is 495 g/mol. The molecule has 4 aliphatic carbocycles. The lowest BCUT2D eigenvalue weighted by molar-refractivity contribution is -0.0603. The molecule has 0 saturated heterocycles. The summed E-state index contributed by atoms with van der Waals surface area (Å²) in [6, 6.07) is 11.5. The zero-order valence-corrected chi connectivity index (χ0v) is 22.3. The van der Waals surface area contributed by atoms with Crippen molar-refractivity contribution in [1.29, 1.82) is 0 Å². The number of hydrogen-bond donors (Lipinski definition) is 0. The van der Waals surface area contributed by atoms with Crippen molar-refractivity contribution >= 4 is 10.0 Å². The number of benzene rings is 1. The fraction of sp³-hybridized carbons (Fsp3) is 0.633. The summed E-state index contributed by atoms with van der Waals surface area (Å²) in [4.78, 5) is 4.56. The van der Waals surface area contributed by atoms with Crippen LogP contribution in [0.5, 0.6) is 0 Å². The maximum Gasteiger partial charge on any atom is 0.242 e. The smallest absolute Gasteiger partial charge is 0.242 e. The molecule has 0 radical (unpaired) electrons. The summed E-state index contributed by atoms with van der Waals surface area (Å²) in [5, 5.41) is 0. The SMILES string of the molecule is Cc1ccc(S(=O)(=O)N(C)CCC(CCc2ccncc2)CCC23CC4CC(CC(C4)C2)C3)cc1. The maximum absolute atomic E-state index is 13.1. The summed E-state index contributed by atoms with van der Waals surface area (Å²) in [5.41, 5.74) is 3.00. The summed E-state index contributed by atoms with van der Waals surface area (Å²) in [6.45, 7) is 2.56. The normalized spacial score (nSPS) is 28.5. The molecule has 4 bridgehead atoms. The highest BCUT2D eigenvalue weighted by Gasteiger charge is 2.50. The number of nitrogens with zero attached hydrogens (tertiary/aromatic N) is 2. The third-order valence-electron chi connectivity index (χ3n) is 9.42. The summed E-state index contributed by atoms with van der Waals surface area (Å²) < 4.78 is 27.9. The minimum atomic E-state index is -3.45. The first-order valence-electron chi connectivity index (χ1n) is 13.7. The Morgan fingerprint density at radius 2 is 1.51 bits per heavy atom. The first-order chi connectivity index (χ1) is 16.8. The second-order valence-electron chi connectivity index (χ2n) is 12.1. The van der Waals surface area contributed by atoms with Crippen LogP contribution in [0.25, 0.3) is 0 Å². The summed E-state index contributed by atoms with van der Waals surface area (Å²) in [7, 11) is -1.70. The highest BCUT2D eigenvalue weighted by molar-refractivity contribution is 7.89. The van der Waals surface area contributed by atoms with E-state index in [1.54, 1.807) is 23.5 Å². The van der Waals surface area contributed by atoms with E-state index in [1.807, 2.05) is 31.5 Å². The second kappa shape index (κ2) is 10.3. The predicted octanol–water partition coefficient (Wildman–Crippen LogP) is 6.65. The van der Waals surface area contributed by atoms with E-state index in [-0.39, 0.29) is 0 Å². The van der Waals surface area contributed by atoms with Crippen LogP contribution >= 0.6 is 0 Å². The van der Waals surface area contributed by atoms with Crippen LogP contribution < -0.4 is 0 Å². The van der Waals surface area contributed by atoms with Gasteiger partial charge in [0.25, 0.3) is 0 Å². The topological polar surface area (TPSA) is 50.3 Å². The third-order valence-corrected chi connectivity index (χ3v) is 11.3. The lowest BCUT2D eigenvalue weighted by atomic mass is 9.48. The van der Waals surface area contributed by atoms with E-state index in [9.17, 15) is 8.42 Å². The molecular weight excluding hydrogens is 452 g/mol. The fourth-order valence-corrected chi connectivity index (χ4v) is 9.02. The Kier molecular flexibility index (Phi) is 7.37. The van der Waals surface area contributed by atoms with Crippen molar-refractivity contribution in [1.82, 2.24) is 9.29 Å². The Labute approximate surface area is 212 Å². The molecule has 190 valence electrons. The Morgan fingerprint density at radius 3 is 2.11 bits per heavy atom. The molecule has 0 N–H and O–H groups in total. The van der Waals surface area contributed by atoms with Crippen LogP contribution in [0, 0.1) is 36.0 Å². The molecule has 1 atom stereocenters. The van der Waals surface area contributed by atoms with Gasteiger partial charge in [0, 0.05) is 26.0 Å². The highest BCUT2D eigenvalue weighted by atomic mass is 32.2. The lowest BCUT2D eigenvalue weighted by Crippen LogP contribution is -2.46. The van der Waals surface area contributed by atoms with Gasteiger partial charge >= 0.3 is 0 Å². The van der Waals surface area contributed by atoms with Gasteiger partial charge in [-0.05, 0) is 136 Å². The maximum atomic E-state index is 13.1. The van der Waals surface area contributed by atoms with Gasteiger partial charge in [-0.25, -0.2) is 12.7 Å². The van der Waals surface area contributed by atoms with E-state index < -0.39 is 10.0 Å². The Bertz CT molecular complexity index is 1050. The van der Waals surface area contributed by atoms with E-state index in [0.29, 0.717) is 22.8 Å². The van der Waals surface area contributed by atoms with Crippen LogP contribution in [0.15, 0.2) is 53.7 Å². The molecule has 2 aromatic rings. The summed E-state index contributed by atoms with van der Waals surface area (Å²) in [6.07, 6.45) is 18.3. The first kappa shape index (κ1) is 25.0. The van der Waals surface area contributed by atoms with E-state index in [4.69, 9.17) is 0 Å². The molecule has 6 rings (SSSR count). The molecule has 4 aliphatic rings. The monoisotopic (exact) mass is 494 g/mol. The molecule has 0 aliphatic heterocycles. The van der Waals surface area contributed by atoms with Crippen molar-refractivity contribution in [3.63, 3.8) is 0 Å². The molecule has 0 amide bonds. The van der Waals surface area contributed by atoms with Crippen LogP contribution in [-0.4, -0.2) is 31.3 Å². The quantitative estimate of drug-likeness (QED) is 0.351. The molecule has 1 unspecified atom stereocenters. The van der Waals surface area contributed by atoms with Crippen molar-refractivity contribution < 1.29 is 8.42 Å². The van der Waals surface area contributed by atoms with Crippen LogP contribution in [0.3, 0.4) is 0 Å². The van der Waals surface area contributed by atoms with Gasteiger partial charge in [0.2, 0.25) is 10.0 Å². The van der Waals surface area contributed by atoms with Crippen LogP contribution in [0.2, 0.25) is 0 Å². The molecule has 1 heterocycles. The minimum absolute atomic E-state index is 0.396. The molecule has 35 heavy (non-hydrogen) atoms. The van der Waals surface area contributed by atoms with E-state index >= 15 is 0 Å². The van der Waals surface area contributed by atoms with Crippen molar-refractivity contribution in [2.24, 2.45) is 29.1 Å². The van der Waals surface area contributed by atoms with Gasteiger partial charge in [-0.2, -0.15) is 0 Å². The van der Waals surface area contributed by atoms with Crippen LogP contribution in [0.4, 0.5) is 0 Å². The standard InChI is InChI=1S/C30H42N2O2S/c1-23-3-7-29(8-4-23)35(33,34)32(2)16-12-24(5-6-25-10-14-31-15-11-25)9-13-30-20-26-17-27(21-30)19-28(18-26)22-30/h3-4,7-8,10-11,14-15,24,26-28H,5-6,9,12-13,16-22H2,1-2H3. The van der Waals surface area contributed by atoms with Crippen LogP contribution in [-0.2, 0) is 16.4 Å². The van der Waals surface area contributed by atoms with Gasteiger partial charge in [-0.15, -0.1) is 0 Å². The van der Waals surface area contributed by atoms with Crippen molar-refractivity contribution in [2.75, 3.05) is 13.6 Å². The molecule has 0 spiro atoms. The van der Waals surface area contributed by atoms with Gasteiger partial charge in [-0.3, -0.25) is 4.98 Å². The van der Waals surface area contributed by atoms with Gasteiger partial charge < -0.3 is 0 Å². The van der Waals surface area contributed by atoms with Gasteiger partial charge in [0.1, 0.15) is 0 Å². The minimum Gasteiger partial charge on any atom is -0.265 e. The van der Waals surface area contributed by atoms with Gasteiger partial charge in [0.05, 0.1) is 4.90 Å². The number of hydrogen-bond acceptors (Lipinski definition) is 3. The zero-order valence-electron chi connectivity index (χ0n) is 21.5. The molecule has 5 heteroatoms. The highest BCUT2D eigenvalue weighted by Crippen LogP contribution is 2.61. The molecule has 1 aromatic carbocycles. The van der Waals surface area contributed by atoms with Gasteiger partial charge in [-0.1, -0.05) is 17.7 Å². The average Bonchev–Trinajstić information content (AvgIpc) is 2.83. The molecule has 1 aromatic heterocycles.